The molecule has 0 bridgehead atoms. The standard InChI is InChI=1S/C21H35N7O6S/c1-11(2)6-13(22)18(30)26-14(4-5-35-3)19(31)27-15(8-17(23)29)20(32)28-16(21(33)34)7-12-9-24-10-25-12/h9-11,13-16H,4-8,22H2,1-3H3,(H2,23,29)(H,24,25)(H,26,30)(H,27,31)(H,28,32)(H,33,34). The summed E-state index contributed by atoms with van der Waals surface area (Å²) in [6, 6.07) is -4.63. The molecule has 0 saturated carbocycles. The van der Waals surface area contributed by atoms with Gasteiger partial charge in [0.15, 0.2) is 0 Å². The van der Waals surface area contributed by atoms with Crippen LogP contribution in [0.25, 0.3) is 0 Å². The number of thioether (sulfide) groups is 1. The molecule has 13 nitrogen and oxygen atoms in total. The Morgan fingerprint density at radius 2 is 1.66 bits per heavy atom. The predicted molar refractivity (Wildman–Crippen MR) is 130 cm³/mol. The van der Waals surface area contributed by atoms with Crippen LogP contribution in [0.2, 0.25) is 0 Å². The maximum atomic E-state index is 13.0. The van der Waals surface area contributed by atoms with E-state index in [-0.39, 0.29) is 18.8 Å². The van der Waals surface area contributed by atoms with Gasteiger partial charge in [0.25, 0.3) is 0 Å². The number of aliphatic carboxylic acids is 1. The molecule has 0 saturated heterocycles. The minimum atomic E-state index is -1.44. The molecule has 0 aliphatic carbocycles. The molecule has 14 heteroatoms. The Balaban J connectivity index is 2.96. The van der Waals surface area contributed by atoms with Gasteiger partial charge in [-0.3, -0.25) is 19.2 Å². The number of nitrogens with zero attached hydrogens (tertiary/aromatic N) is 1. The molecule has 1 rings (SSSR count). The Morgan fingerprint density at radius 3 is 2.17 bits per heavy atom. The van der Waals surface area contributed by atoms with Crippen molar-refractivity contribution in [2.75, 3.05) is 12.0 Å². The van der Waals surface area contributed by atoms with Crippen molar-refractivity contribution in [2.24, 2.45) is 17.4 Å². The molecule has 1 aromatic rings. The van der Waals surface area contributed by atoms with E-state index in [1.165, 1.54) is 24.3 Å². The number of H-pyrrole nitrogens is 1. The van der Waals surface area contributed by atoms with E-state index in [4.69, 9.17) is 11.5 Å². The van der Waals surface area contributed by atoms with E-state index >= 15 is 0 Å². The monoisotopic (exact) mass is 513 g/mol. The zero-order valence-corrected chi connectivity index (χ0v) is 20.9. The van der Waals surface area contributed by atoms with Crippen molar-refractivity contribution in [3.63, 3.8) is 0 Å². The largest absolute Gasteiger partial charge is 0.480 e. The number of nitrogens with one attached hydrogen (secondary N) is 4. The third kappa shape index (κ3) is 11.2. The van der Waals surface area contributed by atoms with Crippen LogP contribution in [0.15, 0.2) is 12.5 Å². The molecule has 0 spiro atoms. The van der Waals surface area contributed by atoms with Crippen molar-refractivity contribution in [1.29, 1.82) is 0 Å². The zero-order valence-electron chi connectivity index (χ0n) is 20.1. The Morgan fingerprint density at radius 1 is 1.06 bits per heavy atom. The van der Waals surface area contributed by atoms with Crippen LogP contribution in [0.5, 0.6) is 0 Å². The lowest BCUT2D eigenvalue weighted by atomic mass is 10.0. The second-order valence-electron chi connectivity index (χ2n) is 8.49. The molecule has 196 valence electrons. The average Bonchev–Trinajstić information content (AvgIpc) is 3.27. The van der Waals surface area contributed by atoms with Crippen molar-refractivity contribution < 1.29 is 29.1 Å². The molecular weight excluding hydrogens is 478 g/mol. The lowest BCUT2D eigenvalue weighted by Crippen LogP contribution is -2.58. The van der Waals surface area contributed by atoms with Gasteiger partial charge in [0.1, 0.15) is 18.1 Å². The van der Waals surface area contributed by atoms with Gasteiger partial charge < -0.3 is 37.5 Å². The highest BCUT2D eigenvalue weighted by Gasteiger charge is 2.31. The highest BCUT2D eigenvalue weighted by atomic mass is 32.2. The Bertz CT molecular complexity index is 864. The fourth-order valence-corrected chi connectivity index (χ4v) is 3.64. The predicted octanol–water partition coefficient (Wildman–Crippen LogP) is -1.51. The highest BCUT2D eigenvalue weighted by molar-refractivity contribution is 7.98. The first-order valence-corrected chi connectivity index (χ1v) is 12.5. The molecule has 1 heterocycles. The summed E-state index contributed by atoms with van der Waals surface area (Å²) in [5.74, 6) is -3.64. The van der Waals surface area contributed by atoms with Crippen molar-refractivity contribution in [2.45, 2.75) is 63.7 Å². The number of imidazole rings is 1. The minimum absolute atomic E-state index is 0.0988. The number of carboxylic acid groups (broad SMARTS) is 1. The van der Waals surface area contributed by atoms with Gasteiger partial charge in [-0.05, 0) is 30.8 Å². The Hall–Kier alpha value is -3.13. The molecule has 0 fully saturated rings. The maximum Gasteiger partial charge on any atom is 0.326 e. The quantitative estimate of drug-likeness (QED) is 0.136. The average molecular weight is 514 g/mol. The fourth-order valence-electron chi connectivity index (χ4n) is 3.17. The van der Waals surface area contributed by atoms with E-state index < -0.39 is 60.2 Å². The van der Waals surface area contributed by atoms with Crippen LogP contribution in [-0.4, -0.2) is 80.8 Å². The van der Waals surface area contributed by atoms with Crippen LogP contribution in [0.3, 0.4) is 0 Å². The van der Waals surface area contributed by atoms with E-state index in [0.717, 1.165) is 0 Å². The fraction of sp³-hybridized carbons (Fsp3) is 0.619. The molecule has 35 heavy (non-hydrogen) atoms. The van der Waals surface area contributed by atoms with Gasteiger partial charge in [-0.15, -0.1) is 0 Å². The first-order chi connectivity index (χ1) is 16.4. The topological polar surface area (TPSA) is 222 Å². The van der Waals surface area contributed by atoms with Gasteiger partial charge in [0.05, 0.1) is 18.8 Å². The summed E-state index contributed by atoms with van der Waals surface area (Å²) in [5, 5.41) is 16.8. The maximum absolute atomic E-state index is 13.0. The summed E-state index contributed by atoms with van der Waals surface area (Å²) in [4.78, 5) is 68.0. The van der Waals surface area contributed by atoms with Gasteiger partial charge in [0, 0.05) is 18.3 Å². The van der Waals surface area contributed by atoms with Gasteiger partial charge in [-0.1, -0.05) is 13.8 Å². The SMILES string of the molecule is CSCCC(NC(=O)C(N)CC(C)C)C(=O)NC(CC(N)=O)C(=O)NC(Cc1cnc[nH]1)C(=O)O. The number of carbonyl (C=O) groups is 5. The van der Waals surface area contributed by atoms with Crippen LogP contribution in [0, 0.1) is 5.92 Å². The molecular formula is C21H35N7O6S. The number of hydrogen-bond acceptors (Lipinski definition) is 8. The first-order valence-electron chi connectivity index (χ1n) is 11.1. The molecule has 4 amide bonds. The van der Waals surface area contributed by atoms with Crippen LogP contribution in [-0.2, 0) is 30.4 Å². The lowest BCUT2D eigenvalue weighted by Gasteiger charge is -2.25. The summed E-state index contributed by atoms with van der Waals surface area (Å²) in [5.41, 5.74) is 11.6. The van der Waals surface area contributed by atoms with E-state index in [2.05, 4.69) is 25.9 Å². The van der Waals surface area contributed by atoms with Crippen LogP contribution in [0.1, 0.15) is 38.8 Å². The Kier molecular flexibility index (Phi) is 12.8. The number of nitrogens with two attached hydrogens (primary N) is 2. The smallest absolute Gasteiger partial charge is 0.326 e. The summed E-state index contributed by atoms with van der Waals surface area (Å²) in [6.45, 7) is 3.82. The van der Waals surface area contributed by atoms with E-state index in [1.807, 2.05) is 20.1 Å². The highest BCUT2D eigenvalue weighted by Crippen LogP contribution is 2.07. The molecule has 9 N–H and O–H groups in total. The summed E-state index contributed by atoms with van der Waals surface area (Å²) in [7, 11) is 0. The second-order valence-corrected chi connectivity index (χ2v) is 9.48. The number of carbonyl (C=O) groups excluding carboxylic acids is 4. The normalized spacial score (nSPS) is 14.4. The summed E-state index contributed by atoms with van der Waals surface area (Å²) < 4.78 is 0. The van der Waals surface area contributed by atoms with Gasteiger partial charge in [-0.25, -0.2) is 9.78 Å². The van der Waals surface area contributed by atoms with Crippen molar-refractivity contribution in [1.82, 2.24) is 25.9 Å². The molecule has 0 aromatic carbocycles. The van der Waals surface area contributed by atoms with Gasteiger partial charge >= 0.3 is 5.97 Å². The minimum Gasteiger partial charge on any atom is -0.480 e. The number of aromatic nitrogens is 2. The van der Waals surface area contributed by atoms with Gasteiger partial charge in [-0.2, -0.15) is 11.8 Å². The van der Waals surface area contributed by atoms with E-state index in [1.54, 1.807) is 0 Å². The third-order valence-corrected chi connectivity index (χ3v) is 5.58. The van der Waals surface area contributed by atoms with Crippen molar-refractivity contribution in [3.8, 4) is 0 Å². The van der Waals surface area contributed by atoms with Crippen molar-refractivity contribution >= 4 is 41.4 Å². The van der Waals surface area contributed by atoms with Crippen LogP contribution in [0.4, 0.5) is 0 Å². The molecule has 0 radical (unpaired) electrons. The number of rotatable bonds is 16. The van der Waals surface area contributed by atoms with Gasteiger partial charge in [0.2, 0.25) is 23.6 Å². The number of aromatic amines is 1. The van der Waals surface area contributed by atoms with Crippen LogP contribution >= 0.6 is 11.8 Å². The molecule has 4 unspecified atom stereocenters. The lowest BCUT2D eigenvalue weighted by molar-refractivity contribution is -0.142. The summed E-state index contributed by atoms with van der Waals surface area (Å²) >= 11 is 1.45. The molecule has 1 aromatic heterocycles. The number of hydrogen-bond donors (Lipinski definition) is 7. The van der Waals surface area contributed by atoms with Crippen LogP contribution < -0.4 is 27.4 Å². The second kappa shape index (κ2) is 15.0. The number of carboxylic acids is 1. The zero-order chi connectivity index (χ0) is 26.5. The number of amides is 4. The molecule has 0 aliphatic rings. The first kappa shape index (κ1) is 29.9. The molecule has 0 aliphatic heterocycles. The molecule has 4 atom stereocenters. The van der Waals surface area contributed by atoms with E-state index in [0.29, 0.717) is 17.9 Å². The number of primary amides is 1. The van der Waals surface area contributed by atoms with E-state index in [9.17, 15) is 29.1 Å². The third-order valence-electron chi connectivity index (χ3n) is 4.94. The Labute approximate surface area is 207 Å². The van der Waals surface area contributed by atoms with Crippen molar-refractivity contribution in [3.05, 3.63) is 18.2 Å². The summed E-state index contributed by atoms with van der Waals surface area (Å²) in [6.07, 6.45) is 4.60.